The molecular formula is C19H9Br4NaO5S. The predicted octanol–water partition coefficient (Wildman–Crippen LogP) is 2.53. The summed E-state index contributed by atoms with van der Waals surface area (Å²) in [5, 5.41) is 22.3. The van der Waals surface area contributed by atoms with E-state index in [0.717, 1.165) is 0 Å². The summed E-state index contributed by atoms with van der Waals surface area (Å²) in [5.41, 5.74) is -0.289. The number of rotatable bonds is 2. The van der Waals surface area contributed by atoms with Crippen LogP contribution < -0.4 is 34.7 Å². The number of halogens is 4. The number of hydrogen-bond donors (Lipinski definition) is 1. The Hall–Kier alpha value is 0.0900. The summed E-state index contributed by atoms with van der Waals surface area (Å²) in [4.78, 5) is 0.0405. The topological polar surface area (TPSA) is 86.7 Å². The molecule has 1 atom stereocenters. The van der Waals surface area contributed by atoms with Gasteiger partial charge in [0.25, 0.3) is 10.1 Å². The van der Waals surface area contributed by atoms with Gasteiger partial charge in [0.1, 0.15) is 10.6 Å². The molecule has 0 radical (unpaired) electrons. The van der Waals surface area contributed by atoms with Crippen LogP contribution in [0.25, 0.3) is 0 Å². The van der Waals surface area contributed by atoms with Crippen molar-refractivity contribution in [1.29, 1.82) is 0 Å². The van der Waals surface area contributed by atoms with Crippen molar-refractivity contribution in [1.82, 2.24) is 0 Å². The first kappa shape index (κ1) is 24.7. The molecule has 0 bridgehead atoms. The molecule has 1 N–H and O–H groups in total. The van der Waals surface area contributed by atoms with E-state index < -0.39 is 15.7 Å². The van der Waals surface area contributed by atoms with Gasteiger partial charge in [0.05, 0.1) is 8.95 Å². The van der Waals surface area contributed by atoms with Gasteiger partial charge in [0, 0.05) is 14.5 Å². The molecule has 0 saturated carbocycles. The second kappa shape index (κ2) is 8.79. The first-order valence-corrected chi connectivity index (χ1v) is 12.6. The van der Waals surface area contributed by atoms with Crippen LogP contribution in [-0.2, 0) is 19.9 Å². The zero-order valence-electron chi connectivity index (χ0n) is 15.1. The Labute approximate surface area is 228 Å². The van der Waals surface area contributed by atoms with Crippen molar-refractivity contribution in [3.63, 3.8) is 0 Å². The minimum atomic E-state index is -4.08. The van der Waals surface area contributed by atoms with E-state index in [1.807, 2.05) is 0 Å². The molecule has 11 heteroatoms. The number of benzene rings is 3. The van der Waals surface area contributed by atoms with Crippen molar-refractivity contribution in [2.75, 3.05) is 0 Å². The first-order chi connectivity index (χ1) is 13.6. The predicted molar refractivity (Wildman–Crippen MR) is 119 cm³/mol. The van der Waals surface area contributed by atoms with Gasteiger partial charge in [-0.3, -0.25) is 0 Å². The van der Waals surface area contributed by atoms with E-state index in [2.05, 4.69) is 63.7 Å². The molecule has 1 unspecified atom stereocenters. The van der Waals surface area contributed by atoms with E-state index in [1.165, 1.54) is 6.07 Å². The molecule has 4 rings (SSSR count). The molecule has 5 nitrogen and oxygen atoms in total. The van der Waals surface area contributed by atoms with Crippen LogP contribution in [0.15, 0.2) is 71.3 Å². The van der Waals surface area contributed by atoms with Gasteiger partial charge in [-0.05, 0) is 73.3 Å². The fraction of sp³-hybridized carbons (Fsp3) is 0.0526. The van der Waals surface area contributed by atoms with Crippen molar-refractivity contribution in [2.24, 2.45) is 0 Å². The third kappa shape index (κ3) is 3.86. The van der Waals surface area contributed by atoms with Crippen molar-refractivity contribution in [3.8, 4) is 11.5 Å². The van der Waals surface area contributed by atoms with Crippen LogP contribution in [0.5, 0.6) is 11.5 Å². The maximum absolute atomic E-state index is 12.9. The van der Waals surface area contributed by atoms with Gasteiger partial charge in [-0.1, -0.05) is 55.8 Å². The van der Waals surface area contributed by atoms with Crippen molar-refractivity contribution >= 4 is 73.8 Å². The molecule has 0 aliphatic carbocycles. The van der Waals surface area contributed by atoms with E-state index >= 15 is 0 Å². The Balaban J connectivity index is 0.00000256. The van der Waals surface area contributed by atoms with Crippen LogP contribution in [0.4, 0.5) is 0 Å². The maximum Gasteiger partial charge on any atom is 1.00 e. The molecule has 1 heterocycles. The second-order valence-electron chi connectivity index (χ2n) is 6.27. The summed E-state index contributed by atoms with van der Waals surface area (Å²) in [5.74, 6) is -0.304. The molecule has 3 aromatic rings. The number of phenolic OH excluding ortho intramolecular Hbond substituents is 1. The van der Waals surface area contributed by atoms with Crippen LogP contribution in [0, 0.1) is 0 Å². The largest absolute Gasteiger partial charge is 1.00 e. The molecule has 1 aliphatic heterocycles. The Kier molecular flexibility index (Phi) is 7.25. The number of hydrogen-bond acceptors (Lipinski definition) is 5. The third-order valence-corrected chi connectivity index (χ3v) is 8.35. The van der Waals surface area contributed by atoms with E-state index in [9.17, 15) is 18.6 Å². The molecule has 0 saturated heterocycles. The van der Waals surface area contributed by atoms with Gasteiger partial charge in [-0.2, -0.15) is 8.42 Å². The van der Waals surface area contributed by atoms with Crippen molar-refractivity contribution in [3.05, 3.63) is 83.1 Å². The van der Waals surface area contributed by atoms with E-state index in [0.29, 0.717) is 25.6 Å². The van der Waals surface area contributed by atoms with E-state index in [4.69, 9.17) is 4.18 Å². The average molecular weight is 692 g/mol. The zero-order valence-corrected chi connectivity index (χ0v) is 24.3. The van der Waals surface area contributed by atoms with Crippen LogP contribution in [-0.4, -0.2) is 13.5 Å². The Morgan fingerprint density at radius 3 is 1.87 bits per heavy atom. The third-order valence-electron chi connectivity index (χ3n) is 4.60. The smallest absolute Gasteiger partial charge is 0.871 e. The second-order valence-corrected chi connectivity index (χ2v) is 11.2. The van der Waals surface area contributed by atoms with Gasteiger partial charge < -0.3 is 10.2 Å². The Morgan fingerprint density at radius 1 is 0.867 bits per heavy atom. The minimum Gasteiger partial charge on any atom is -0.871 e. The van der Waals surface area contributed by atoms with Gasteiger partial charge in [-0.25, -0.2) is 4.18 Å². The molecule has 30 heavy (non-hydrogen) atoms. The fourth-order valence-corrected chi connectivity index (χ4v) is 7.14. The summed E-state index contributed by atoms with van der Waals surface area (Å²) >= 11 is 13.1. The summed E-state index contributed by atoms with van der Waals surface area (Å²) in [6.45, 7) is 0. The van der Waals surface area contributed by atoms with Crippen molar-refractivity contribution in [2.45, 2.75) is 10.5 Å². The minimum absolute atomic E-state index is 0. The Morgan fingerprint density at radius 2 is 1.33 bits per heavy atom. The monoisotopic (exact) mass is 688 g/mol. The molecule has 150 valence electrons. The van der Waals surface area contributed by atoms with E-state index in [-0.39, 0.29) is 54.9 Å². The fourth-order valence-electron chi connectivity index (χ4n) is 3.34. The summed E-state index contributed by atoms with van der Waals surface area (Å²) in [6, 6.07) is 12.7. The molecule has 1 aliphatic rings. The van der Waals surface area contributed by atoms with Crippen LogP contribution in [0.2, 0.25) is 0 Å². The van der Waals surface area contributed by atoms with Gasteiger partial charge >= 0.3 is 29.6 Å². The van der Waals surface area contributed by atoms with Crippen LogP contribution in [0.1, 0.15) is 16.7 Å². The van der Waals surface area contributed by atoms with Crippen LogP contribution >= 0.6 is 63.7 Å². The molecule has 0 aromatic heterocycles. The molecule has 0 amide bonds. The summed E-state index contributed by atoms with van der Waals surface area (Å²) in [6.07, 6.45) is 0. The molecule has 0 fully saturated rings. The Bertz CT molecular complexity index is 1180. The zero-order chi connectivity index (χ0) is 21.1. The van der Waals surface area contributed by atoms with Gasteiger partial charge in [0.15, 0.2) is 5.60 Å². The number of phenols is 1. The standard InChI is InChI=1S/C19H10Br4O5S.Na/c20-12-5-9(6-13(21)17(12)24)19(10-7-14(22)18(25)15(23)8-10)11-3-1-2-4-16(11)29(26,27)28-19;/h1-8,24-25H;/q;+1/p-1. The number of aromatic hydroxyl groups is 1. The first-order valence-electron chi connectivity index (χ1n) is 7.98. The summed E-state index contributed by atoms with van der Waals surface area (Å²) in [7, 11) is -4.08. The van der Waals surface area contributed by atoms with Gasteiger partial charge in [-0.15, -0.1) is 0 Å². The normalized spacial score (nSPS) is 19.2. The SMILES string of the molecule is O=S1(=O)OC(c2cc(Br)c([O-])c(Br)c2)(c2cc(Br)c(O)c(Br)c2)c2ccccc21.[Na+]. The van der Waals surface area contributed by atoms with Crippen molar-refractivity contribution < 1.29 is 52.4 Å². The maximum atomic E-state index is 12.9. The van der Waals surface area contributed by atoms with Gasteiger partial charge in [0.2, 0.25) is 0 Å². The molecular weight excluding hydrogens is 683 g/mol. The summed E-state index contributed by atoms with van der Waals surface area (Å²) < 4.78 is 32.8. The molecule has 0 spiro atoms. The average Bonchev–Trinajstić information content (AvgIpc) is 2.92. The van der Waals surface area contributed by atoms with Crippen LogP contribution in [0.3, 0.4) is 0 Å². The van der Waals surface area contributed by atoms with E-state index in [1.54, 1.807) is 42.5 Å². The number of fused-ring (bicyclic) bond motifs is 1. The molecule has 3 aromatic carbocycles. The quantitative estimate of drug-likeness (QED) is 0.330.